The Morgan fingerprint density at radius 2 is 1.89 bits per heavy atom. The molecule has 0 aliphatic heterocycles. The quantitative estimate of drug-likeness (QED) is 0.608. The SMILES string of the molecule is Cc1ccc(C#Cc2cc3c(F)ccnc3[nH]2)cc1. The zero-order chi connectivity index (χ0) is 13.2. The highest BCUT2D eigenvalue weighted by Gasteiger charge is 2.04. The van der Waals surface area contributed by atoms with Crippen molar-refractivity contribution in [2.75, 3.05) is 0 Å². The van der Waals surface area contributed by atoms with Gasteiger partial charge < -0.3 is 4.98 Å². The molecule has 0 fully saturated rings. The van der Waals surface area contributed by atoms with Crippen LogP contribution in [-0.4, -0.2) is 9.97 Å². The number of fused-ring (bicyclic) bond motifs is 1. The molecule has 2 nitrogen and oxygen atoms in total. The summed E-state index contributed by atoms with van der Waals surface area (Å²) >= 11 is 0. The van der Waals surface area contributed by atoms with Gasteiger partial charge in [-0.25, -0.2) is 9.37 Å². The number of rotatable bonds is 0. The Hall–Kier alpha value is -2.60. The summed E-state index contributed by atoms with van der Waals surface area (Å²) in [6.45, 7) is 2.03. The number of aryl methyl sites for hydroxylation is 1. The van der Waals surface area contributed by atoms with Crippen LogP contribution in [0.5, 0.6) is 0 Å². The summed E-state index contributed by atoms with van der Waals surface area (Å²) in [7, 11) is 0. The van der Waals surface area contributed by atoms with E-state index < -0.39 is 0 Å². The number of hydrogen-bond donors (Lipinski definition) is 1. The predicted molar refractivity (Wildman–Crippen MR) is 73.2 cm³/mol. The molecule has 2 heterocycles. The van der Waals surface area contributed by atoms with E-state index in [1.807, 2.05) is 31.2 Å². The molecular weight excluding hydrogens is 239 g/mol. The van der Waals surface area contributed by atoms with Gasteiger partial charge in [-0.1, -0.05) is 23.6 Å². The Morgan fingerprint density at radius 3 is 2.63 bits per heavy atom. The van der Waals surface area contributed by atoms with Gasteiger partial charge in [0.2, 0.25) is 0 Å². The Morgan fingerprint density at radius 1 is 1.11 bits per heavy atom. The molecule has 0 atom stereocenters. The van der Waals surface area contributed by atoms with E-state index in [1.54, 1.807) is 6.07 Å². The van der Waals surface area contributed by atoms with Gasteiger partial charge in [0.15, 0.2) is 0 Å². The van der Waals surface area contributed by atoms with E-state index in [0.29, 0.717) is 16.7 Å². The van der Waals surface area contributed by atoms with Crippen LogP contribution in [0.3, 0.4) is 0 Å². The molecule has 0 saturated carbocycles. The molecule has 0 amide bonds. The third-order valence-corrected chi connectivity index (χ3v) is 2.87. The summed E-state index contributed by atoms with van der Waals surface area (Å²) in [5.74, 6) is 5.73. The van der Waals surface area contributed by atoms with Crippen molar-refractivity contribution in [3.63, 3.8) is 0 Å². The van der Waals surface area contributed by atoms with Gasteiger partial charge in [0, 0.05) is 11.8 Å². The van der Waals surface area contributed by atoms with Crippen LogP contribution in [0.1, 0.15) is 16.8 Å². The lowest BCUT2D eigenvalue weighted by atomic mass is 10.1. The molecule has 0 bridgehead atoms. The molecule has 3 heteroatoms. The number of nitrogens with one attached hydrogen (secondary N) is 1. The minimum Gasteiger partial charge on any atom is -0.333 e. The molecule has 0 radical (unpaired) electrons. The number of nitrogens with zero attached hydrogens (tertiary/aromatic N) is 1. The van der Waals surface area contributed by atoms with Crippen LogP contribution >= 0.6 is 0 Å². The van der Waals surface area contributed by atoms with Crippen molar-refractivity contribution in [3.8, 4) is 11.8 Å². The Balaban J connectivity index is 1.98. The fourth-order valence-electron chi connectivity index (χ4n) is 1.84. The van der Waals surface area contributed by atoms with Crippen LogP contribution < -0.4 is 0 Å². The van der Waals surface area contributed by atoms with E-state index >= 15 is 0 Å². The zero-order valence-electron chi connectivity index (χ0n) is 10.4. The van der Waals surface area contributed by atoms with Crippen molar-refractivity contribution in [1.29, 1.82) is 0 Å². The second-order valence-electron chi connectivity index (χ2n) is 4.35. The first-order chi connectivity index (χ1) is 9.22. The van der Waals surface area contributed by atoms with Gasteiger partial charge in [0.05, 0.1) is 11.1 Å². The summed E-state index contributed by atoms with van der Waals surface area (Å²) in [4.78, 5) is 7.06. The molecule has 92 valence electrons. The summed E-state index contributed by atoms with van der Waals surface area (Å²) in [5.41, 5.74) is 3.31. The normalized spacial score (nSPS) is 10.2. The van der Waals surface area contributed by atoms with Gasteiger partial charge in [-0.15, -0.1) is 0 Å². The average molecular weight is 250 g/mol. The minimum absolute atomic E-state index is 0.287. The fraction of sp³-hybridized carbons (Fsp3) is 0.0625. The van der Waals surface area contributed by atoms with E-state index in [1.165, 1.54) is 17.8 Å². The lowest BCUT2D eigenvalue weighted by molar-refractivity contribution is 0.638. The van der Waals surface area contributed by atoms with Crippen molar-refractivity contribution < 1.29 is 4.39 Å². The molecular formula is C16H11FN2. The first kappa shape index (κ1) is 11.5. The predicted octanol–water partition coefficient (Wildman–Crippen LogP) is 3.41. The Labute approximate surface area is 110 Å². The highest BCUT2D eigenvalue weighted by molar-refractivity contribution is 5.78. The third kappa shape index (κ3) is 2.34. The molecule has 3 aromatic rings. The maximum Gasteiger partial charge on any atom is 0.141 e. The van der Waals surface area contributed by atoms with Gasteiger partial charge in [-0.05, 0) is 37.1 Å². The largest absolute Gasteiger partial charge is 0.333 e. The maximum absolute atomic E-state index is 13.5. The number of aromatic nitrogens is 2. The fourth-order valence-corrected chi connectivity index (χ4v) is 1.84. The average Bonchev–Trinajstić information content (AvgIpc) is 2.83. The monoisotopic (exact) mass is 250 g/mol. The Kier molecular flexibility index (Phi) is 2.77. The van der Waals surface area contributed by atoms with Gasteiger partial charge in [-0.3, -0.25) is 0 Å². The summed E-state index contributed by atoms with van der Waals surface area (Å²) in [5, 5.41) is 0.468. The van der Waals surface area contributed by atoms with E-state index in [2.05, 4.69) is 21.8 Å². The van der Waals surface area contributed by atoms with Crippen molar-refractivity contribution in [2.24, 2.45) is 0 Å². The summed E-state index contributed by atoms with van der Waals surface area (Å²) in [6.07, 6.45) is 1.44. The topological polar surface area (TPSA) is 28.7 Å². The summed E-state index contributed by atoms with van der Waals surface area (Å²) < 4.78 is 13.5. The van der Waals surface area contributed by atoms with Crippen LogP contribution in [-0.2, 0) is 0 Å². The zero-order valence-corrected chi connectivity index (χ0v) is 10.4. The number of benzene rings is 1. The first-order valence-electron chi connectivity index (χ1n) is 5.94. The molecule has 0 unspecified atom stereocenters. The van der Waals surface area contributed by atoms with Gasteiger partial charge in [0.25, 0.3) is 0 Å². The highest BCUT2D eigenvalue weighted by Crippen LogP contribution is 2.15. The molecule has 0 aliphatic rings. The van der Waals surface area contributed by atoms with E-state index in [9.17, 15) is 4.39 Å². The molecule has 2 aromatic heterocycles. The number of aromatic amines is 1. The Bertz CT molecular complexity index is 789. The first-order valence-corrected chi connectivity index (χ1v) is 5.94. The van der Waals surface area contributed by atoms with Crippen molar-refractivity contribution in [3.05, 3.63) is 65.2 Å². The van der Waals surface area contributed by atoms with Crippen LogP contribution in [0, 0.1) is 24.6 Å². The van der Waals surface area contributed by atoms with Gasteiger partial charge >= 0.3 is 0 Å². The van der Waals surface area contributed by atoms with Crippen LogP contribution in [0.15, 0.2) is 42.6 Å². The molecule has 0 saturated heterocycles. The molecule has 0 aliphatic carbocycles. The van der Waals surface area contributed by atoms with Crippen LogP contribution in [0.4, 0.5) is 4.39 Å². The van der Waals surface area contributed by atoms with E-state index in [0.717, 1.165) is 5.56 Å². The van der Waals surface area contributed by atoms with Gasteiger partial charge in [-0.2, -0.15) is 0 Å². The lowest BCUT2D eigenvalue weighted by Crippen LogP contribution is -1.79. The minimum atomic E-state index is -0.287. The van der Waals surface area contributed by atoms with Gasteiger partial charge in [0.1, 0.15) is 11.5 Å². The van der Waals surface area contributed by atoms with Crippen molar-refractivity contribution in [2.45, 2.75) is 6.92 Å². The molecule has 19 heavy (non-hydrogen) atoms. The summed E-state index contributed by atoms with van der Waals surface area (Å²) in [6, 6.07) is 11.0. The van der Waals surface area contributed by atoms with Crippen LogP contribution in [0.2, 0.25) is 0 Å². The number of pyridine rings is 1. The van der Waals surface area contributed by atoms with Crippen molar-refractivity contribution >= 4 is 11.0 Å². The second-order valence-corrected chi connectivity index (χ2v) is 4.35. The van der Waals surface area contributed by atoms with Crippen molar-refractivity contribution in [1.82, 2.24) is 9.97 Å². The smallest absolute Gasteiger partial charge is 0.141 e. The van der Waals surface area contributed by atoms with E-state index in [4.69, 9.17) is 0 Å². The number of hydrogen-bond acceptors (Lipinski definition) is 1. The lowest BCUT2D eigenvalue weighted by Gasteiger charge is -1.90. The second kappa shape index (κ2) is 4.58. The highest BCUT2D eigenvalue weighted by atomic mass is 19.1. The molecule has 3 rings (SSSR count). The maximum atomic E-state index is 13.5. The third-order valence-electron chi connectivity index (χ3n) is 2.87. The molecule has 0 spiro atoms. The van der Waals surface area contributed by atoms with E-state index in [-0.39, 0.29) is 5.82 Å². The molecule has 1 aromatic carbocycles. The standard InChI is InChI=1S/C16H11FN2/c1-11-2-4-12(5-3-11)6-7-13-10-14-15(17)8-9-18-16(14)19-13/h2-5,8-10H,1H3,(H,18,19). The number of halogens is 1. The molecule has 1 N–H and O–H groups in total. The number of H-pyrrole nitrogens is 1. The van der Waals surface area contributed by atoms with Crippen LogP contribution in [0.25, 0.3) is 11.0 Å².